The number of hydrogen-bond donors (Lipinski definition) is 1. The molecule has 190 valence electrons. The zero-order chi connectivity index (χ0) is 26.0. The van der Waals surface area contributed by atoms with Gasteiger partial charge in [-0.25, -0.2) is 8.42 Å². The Bertz CT molecular complexity index is 1240. The molecule has 0 aromatic heterocycles. The van der Waals surface area contributed by atoms with Crippen molar-refractivity contribution in [1.82, 2.24) is 4.31 Å². The molecule has 8 nitrogen and oxygen atoms in total. The fourth-order valence-corrected chi connectivity index (χ4v) is 4.92. The quantitative estimate of drug-likeness (QED) is 0.373. The highest BCUT2D eigenvalue weighted by Crippen LogP contribution is 2.20. The molecule has 0 saturated heterocycles. The van der Waals surface area contributed by atoms with Crippen molar-refractivity contribution in [2.45, 2.75) is 24.7 Å². The summed E-state index contributed by atoms with van der Waals surface area (Å²) in [5, 5.41) is 2.74. The number of rotatable bonds is 12. The zero-order valence-corrected chi connectivity index (χ0v) is 21.2. The number of esters is 1. The summed E-state index contributed by atoms with van der Waals surface area (Å²) >= 11 is 0. The Morgan fingerprint density at radius 3 is 2.17 bits per heavy atom. The van der Waals surface area contributed by atoms with E-state index in [1.54, 1.807) is 43.3 Å². The van der Waals surface area contributed by atoms with Crippen LogP contribution in [0.15, 0.2) is 83.8 Å². The summed E-state index contributed by atoms with van der Waals surface area (Å²) in [4.78, 5) is 24.6. The molecule has 36 heavy (non-hydrogen) atoms. The monoisotopic (exact) mass is 510 g/mol. The summed E-state index contributed by atoms with van der Waals surface area (Å²) in [6.45, 7) is 1.83. The number of benzene rings is 3. The van der Waals surface area contributed by atoms with E-state index >= 15 is 0 Å². The molecule has 0 radical (unpaired) electrons. The fraction of sp³-hybridized carbons (Fsp3) is 0.259. The summed E-state index contributed by atoms with van der Waals surface area (Å²) in [7, 11) is -2.44. The minimum atomic E-state index is -3.94. The van der Waals surface area contributed by atoms with Crippen molar-refractivity contribution in [2.75, 3.05) is 32.1 Å². The fourth-order valence-electron chi connectivity index (χ4n) is 3.52. The Kier molecular flexibility index (Phi) is 9.61. The molecule has 0 unspecified atom stereocenters. The summed E-state index contributed by atoms with van der Waals surface area (Å²) in [6.07, 6.45) is 0.585. The van der Waals surface area contributed by atoms with Crippen LogP contribution in [0.3, 0.4) is 0 Å². The first-order valence-corrected chi connectivity index (χ1v) is 13.0. The molecular weight excluding hydrogens is 480 g/mol. The number of carbonyl (C=O) groups excluding carboxylic acids is 2. The van der Waals surface area contributed by atoms with Gasteiger partial charge in [-0.15, -0.1) is 0 Å². The molecule has 0 aliphatic heterocycles. The van der Waals surface area contributed by atoms with Gasteiger partial charge < -0.3 is 14.8 Å². The van der Waals surface area contributed by atoms with Crippen LogP contribution in [0.5, 0.6) is 5.75 Å². The number of methoxy groups -OCH3 is 1. The average molecular weight is 511 g/mol. The van der Waals surface area contributed by atoms with Gasteiger partial charge in [0, 0.05) is 12.2 Å². The number of ether oxygens (including phenoxy) is 2. The molecule has 1 amide bonds. The van der Waals surface area contributed by atoms with Gasteiger partial charge in [0.1, 0.15) is 5.75 Å². The topological polar surface area (TPSA) is 102 Å². The third-order valence-corrected chi connectivity index (χ3v) is 7.26. The van der Waals surface area contributed by atoms with Gasteiger partial charge in [0.2, 0.25) is 15.9 Å². The van der Waals surface area contributed by atoms with Crippen molar-refractivity contribution < 1.29 is 27.5 Å². The second kappa shape index (κ2) is 12.9. The molecule has 9 heteroatoms. The Labute approximate surface area is 211 Å². The van der Waals surface area contributed by atoms with Crippen LogP contribution in [-0.2, 0) is 37.2 Å². The van der Waals surface area contributed by atoms with Crippen molar-refractivity contribution in [2.24, 2.45) is 0 Å². The highest BCUT2D eigenvalue weighted by Gasteiger charge is 2.26. The van der Waals surface area contributed by atoms with Crippen LogP contribution in [0.4, 0.5) is 5.69 Å². The maximum Gasteiger partial charge on any atom is 0.310 e. The van der Waals surface area contributed by atoms with Crippen molar-refractivity contribution in [1.29, 1.82) is 0 Å². The van der Waals surface area contributed by atoms with Crippen molar-refractivity contribution in [3.63, 3.8) is 0 Å². The summed E-state index contributed by atoms with van der Waals surface area (Å²) in [6, 6.07) is 22.3. The maximum absolute atomic E-state index is 13.4. The molecule has 0 saturated carbocycles. The van der Waals surface area contributed by atoms with E-state index < -0.39 is 15.9 Å². The molecule has 0 aliphatic rings. The summed E-state index contributed by atoms with van der Waals surface area (Å²) in [5.74, 6) is -0.265. The van der Waals surface area contributed by atoms with E-state index in [1.807, 2.05) is 30.3 Å². The average Bonchev–Trinajstić information content (AvgIpc) is 2.88. The van der Waals surface area contributed by atoms with E-state index in [4.69, 9.17) is 9.47 Å². The normalized spacial score (nSPS) is 11.2. The maximum atomic E-state index is 13.4. The highest BCUT2D eigenvalue weighted by atomic mass is 32.2. The second-order valence-electron chi connectivity index (χ2n) is 7.98. The van der Waals surface area contributed by atoms with Crippen LogP contribution in [0.1, 0.15) is 18.1 Å². The number of nitrogens with one attached hydrogen (secondary N) is 1. The number of sulfonamides is 1. The molecule has 0 spiro atoms. The zero-order valence-electron chi connectivity index (χ0n) is 20.3. The van der Waals surface area contributed by atoms with Gasteiger partial charge in [0.05, 0.1) is 31.6 Å². The SMILES string of the molecule is CCOC(=O)Cc1ccc(NC(=O)CN(CCc2ccccc2)S(=O)(=O)c2ccc(OC)cc2)cc1. The first-order chi connectivity index (χ1) is 17.3. The second-order valence-corrected chi connectivity index (χ2v) is 9.91. The number of nitrogens with zero attached hydrogens (tertiary/aromatic N) is 1. The minimum absolute atomic E-state index is 0.0764. The first kappa shape index (κ1) is 26.9. The standard InChI is InChI=1S/C27H30N2O6S/c1-3-35-27(31)19-22-9-11-23(12-10-22)28-26(30)20-29(18-17-21-7-5-4-6-8-21)36(32,33)25-15-13-24(34-2)14-16-25/h4-16H,3,17-20H2,1-2H3,(H,28,30). The van der Waals surface area contributed by atoms with E-state index in [-0.39, 0.29) is 30.4 Å². The molecule has 1 N–H and O–H groups in total. The molecule has 0 bridgehead atoms. The lowest BCUT2D eigenvalue weighted by molar-refractivity contribution is -0.142. The van der Waals surface area contributed by atoms with Gasteiger partial charge in [-0.3, -0.25) is 9.59 Å². The van der Waals surface area contributed by atoms with Crippen molar-refractivity contribution in [3.8, 4) is 5.75 Å². The van der Waals surface area contributed by atoms with E-state index in [2.05, 4.69) is 5.32 Å². The molecule has 0 fully saturated rings. The Balaban J connectivity index is 1.73. The van der Waals surface area contributed by atoms with Crippen molar-refractivity contribution >= 4 is 27.6 Å². The predicted octanol–water partition coefficient (Wildman–Crippen LogP) is 3.67. The van der Waals surface area contributed by atoms with Gasteiger partial charge in [0.25, 0.3) is 0 Å². The molecule has 3 rings (SSSR count). The number of carbonyl (C=O) groups is 2. The molecule has 0 aliphatic carbocycles. The minimum Gasteiger partial charge on any atom is -0.497 e. The third kappa shape index (κ3) is 7.66. The Morgan fingerprint density at radius 2 is 1.56 bits per heavy atom. The van der Waals surface area contributed by atoms with E-state index in [1.165, 1.54) is 23.5 Å². The van der Waals surface area contributed by atoms with Gasteiger partial charge in [-0.1, -0.05) is 42.5 Å². The lowest BCUT2D eigenvalue weighted by Crippen LogP contribution is -2.39. The predicted molar refractivity (Wildman–Crippen MR) is 137 cm³/mol. The van der Waals surface area contributed by atoms with E-state index in [0.717, 1.165) is 11.1 Å². The lowest BCUT2D eigenvalue weighted by atomic mass is 10.1. The Hall–Kier alpha value is -3.69. The molecule has 0 heterocycles. The number of hydrogen-bond acceptors (Lipinski definition) is 6. The van der Waals surface area contributed by atoms with Crippen LogP contribution in [-0.4, -0.2) is 51.4 Å². The van der Waals surface area contributed by atoms with Gasteiger partial charge in [-0.05, 0) is 60.9 Å². The summed E-state index contributed by atoms with van der Waals surface area (Å²) < 4.78 is 38.0. The van der Waals surface area contributed by atoms with Gasteiger partial charge >= 0.3 is 5.97 Å². The molecule has 0 atom stereocenters. The smallest absolute Gasteiger partial charge is 0.310 e. The number of anilines is 1. The van der Waals surface area contributed by atoms with E-state index in [9.17, 15) is 18.0 Å². The Morgan fingerprint density at radius 1 is 0.889 bits per heavy atom. The van der Waals surface area contributed by atoms with Crippen LogP contribution >= 0.6 is 0 Å². The van der Waals surface area contributed by atoms with Gasteiger partial charge in [0.15, 0.2) is 0 Å². The summed E-state index contributed by atoms with van der Waals surface area (Å²) in [5.41, 5.74) is 2.21. The van der Waals surface area contributed by atoms with Crippen LogP contribution < -0.4 is 10.1 Å². The van der Waals surface area contributed by atoms with Gasteiger partial charge in [-0.2, -0.15) is 4.31 Å². The van der Waals surface area contributed by atoms with Crippen LogP contribution in [0, 0.1) is 0 Å². The van der Waals surface area contributed by atoms with Crippen LogP contribution in [0.2, 0.25) is 0 Å². The first-order valence-electron chi connectivity index (χ1n) is 11.5. The number of amides is 1. The molecule has 3 aromatic rings. The van der Waals surface area contributed by atoms with E-state index in [0.29, 0.717) is 24.5 Å². The lowest BCUT2D eigenvalue weighted by Gasteiger charge is -2.22. The molecule has 3 aromatic carbocycles. The largest absolute Gasteiger partial charge is 0.497 e. The highest BCUT2D eigenvalue weighted by molar-refractivity contribution is 7.89. The van der Waals surface area contributed by atoms with Crippen molar-refractivity contribution in [3.05, 3.63) is 90.0 Å². The van der Waals surface area contributed by atoms with Crippen LogP contribution in [0.25, 0.3) is 0 Å². The third-order valence-electron chi connectivity index (χ3n) is 5.40. The molecular formula is C27H30N2O6S.